The Morgan fingerprint density at radius 2 is 2.38 bits per heavy atom. The molecule has 7 nitrogen and oxygen atoms in total. The van der Waals surface area contributed by atoms with Gasteiger partial charge in [-0.3, -0.25) is 9.59 Å². The van der Waals surface area contributed by atoms with E-state index in [2.05, 4.69) is 10.3 Å². The average molecular weight is 330 g/mol. The monoisotopic (exact) mass is 330 g/mol. The molecule has 1 aliphatic rings. The predicted octanol–water partition coefficient (Wildman–Crippen LogP) is 1.09. The Balaban J connectivity index is 1.56. The fraction of sp³-hybridized carbons (Fsp3) is 0.471. The highest BCUT2D eigenvalue weighted by Crippen LogP contribution is 2.15. The highest BCUT2D eigenvalue weighted by Gasteiger charge is 2.24. The summed E-state index contributed by atoms with van der Waals surface area (Å²) in [6.07, 6.45) is 7.70. The van der Waals surface area contributed by atoms with Crippen molar-refractivity contribution in [1.82, 2.24) is 14.9 Å². The zero-order chi connectivity index (χ0) is 16.9. The van der Waals surface area contributed by atoms with Crippen molar-refractivity contribution in [1.29, 1.82) is 0 Å². The largest absolute Gasteiger partial charge is 0.469 e. The summed E-state index contributed by atoms with van der Waals surface area (Å²) in [5.41, 5.74) is -0.109. The van der Waals surface area contributed by atoms with E-state index < -0.39 is 0 Å². The van der Waals surface area contributed by atoms with Crippen LogP contribution in [-0.2, 0) is 18.3 Å². The van der Waals surface area contributed by atoms with E-state index in [1.54, 1.807) is 25.7 Å². The van der Waals surface area contributed by atoms with Gasteiger partial charge in [0.05, 0.1) is 6.26 Å². The molecule has 24 heavy (non-hydrogen) atoms. The Morgan fingerprint density at radius 3 is 3.17 bits per heavy atom. The van der Waals surface area contributed by atoms with Gasteiger partial charge in [-0.2, -0.15) is 0 Å². The Morgan fingerprint density at radius 1 is 1.50 bits per heavy atom. The molecule has 0 saturated carbocycles. The average Bonchev–Trinajstić information content (AvgIpc) is 3.09. The summed E-state index contributed by atoms with van der Waals surface area (Å²) in [6.45, 7) is 1.39. The lowest BCUT2D eigenvalue weighted by Gasteiger charge is -2.33. The summed E-state index contributed by atoms with van der Waals surface area (Å²) in [6, 6.07) is 3.72. The summed E-state index contributed by atoms with van der Waals surface area (Å²) >= 11 is 0. The van der Waals surface area contributed by atoms with Crippen LogP contribution in [0.1, 0.15) is 25.0 Å². The minimum atomic E-state index is -0.109. The summed E-state index contributed by atoms with van der Waals surface area (Å²) in [5.74, 6) is 1.27. The zero-order valence-electron chi connectivity index (χ0n) is 13.8. The number of hydrogen-bond acceptors (Lipinski definition) is 5. The molecular weight excluding hydrogens is 308 g/mol. The van der Waals surface area contributed by atoms with Crippen molar-refractivity contribution in [2.24, 2.45) is 7.05 Å². The number of hydrogen-bond donors (Lipinski definition) is 1. The van der Waals surface area contributed by atoms with Crippen LogP contribution in [0.5, 0.6) is 0 Å². The van der Waals surface area contributed by atoms with E-state index in [1.165, 1.54) is 4.57 Å². The van der Waals surface area contributed by atoms with Crippen LogP contribution < -0.4 is 15.8 Å². The number of nitrogens with one attached hydrogen (secondary N) is 1. The maximum atomic E-state index is 12.2. The fourth-order valence-corrected chi connectivity index (χ4v) is 2.98. The first kappa shape index (κ1) is 16.3. The van der Waals surface area contributed by atoms with Crippen LogP contribution in [0.15, 0.2) is 40.0 Å². The molecule has 1 N–H and O–H groups in total. The number of anilines is 1. The first-order valence-corrected chi connectivity index (χ1v) is 8.22. The molecule has 1 amide bonds. The molecule has 1 atom stereocenters. The van der Waals surface area contributed by atoms with E-state index >= 15 is 0 Å². The third-order valence-corrected chi connectivity index (χ3v) is 4.26. The molecule has 0 spiro atoms. The quantitative estimate of drug-likeness (QED) is 0.888. The second-order valence-electron chi connectivity index (χ2n) is 6.10. The Hall–Kier alpha value is -2.57. The van der Waals surface area contributed by atoms with Crippen LogP contribution >= 0.6 is 0 Å². The van der Waals surface area contributed by atoms with E-state index in [1.807, 2.05) is 17.0 Å². The van der Waals surface area contributed by atoms with Gasteiger partial charge in [-0.1, -0.05) is 0 Å². The van der Waals surface area contributed by atoms with Crippen molar-refractivity contribution in [2.75, 3.05) is 18.0 Å². The van der Waals surface area contributed by atoms with Crippen LogP contribution in [0.4, 0.5) is 5.82 Å². The molecule has 3 heterocycles. The van der Waals surface area contributed by atoms with Crippen molar-refractivity contribution < 1.29 is 9.21 Å². The fourth-order valence-electron chi connectivity index (χ4n) is 2.98. The number of piperidine rings is 1. The topological polar surface area (TPSA) is 80.4 Å². The van der Waals surface area contributed by atoms with E-state index in [9.17, 15) is 9.59 Å². The number of rotatable bonds is 5. The summed E-state index contributed by atoms with van der Waals surface area (Å²) in [7, 11) is 1.71. The standard InChI is InChI=1S/C17H22N4O3/c1-20-10-8-18-16(17(20)23)21-9-2-4-13(12-21)19-15(22)7-6-14-5-3-11-24-14/h3,5,8,10-11,13H,2,4,6-7,9,12H2,1H3,(H,19,22)/t13-/m1/s1. The molecule has 7 heteroatoms. The van der Waals surface area contributed by atoms with E-state index in [-0.39, 0.29) is 17.5 Å². The highest BCUT2D eigenvalue weighted by atomic mass is 16.3. The molecule has 3 rings (SSSR count). The van der Waals surface area contributed by atoms with E-state index in [4.69, 9.17) is 4.42 Å². The zero-order valence-corrected chi connectivity index (χ0v) is 13.8. The number of aryl methyl sites for hydroxylation is 2. The number of aromatic nitrogens is 2. The number of nitrogens with zero attached hydrogens (tertiary/aromatic N) is 3. The molecule has 2 aromatic heterocycles. The van der Waals surface area contributed by atoms with Gasteiger partial charge < -0.3 is 19.2 Å². The van der Waals surface area contributed by atoms with E-state index in [0.717, 1.165) is 25.1 Å². The smallest absolute Gasteiger partial charge is 0.293 e. The van der Waals surface area contributed by atoms with Gasteiger partial charge in [-0.15, -0.1) is 0 Å². The molecular formula is C17H22N4O3. The molecule has 2 aromatic rings. The summed E-state index contributed by atoms with van der Waals surface area (Å²) in [5, 5.41) is 3.06. The minimum Gasteiger partial charge on any atom is -0.469 e. The highest BCUT2D eigenvalue weighted by molar-refractivity contribution is 5.76. The maximum Gasteiger partial charge on any atom is 0.293 e. The van der Waals surface area contributed by atoms with Gasteiger partial charge in [0.15, 0.2) is 5.82 Å². The Labute approximate surface area is 140 Å². The van der Waals surface area contributed by atoms with Gasteiger partial charge in [0, 0.05) is 51.4 Å². The first-order valence-electron chi connectivity index (χ1n) is 8.22. The summed E-state index contributed by atoms with van der Waals surface area (Å²) in [4.78, 5) is 30.5. The van der Waals surface area contributed by atoms with Gasteiger partial charge in [0.1, 0.15) is 5.76 Å². The second kappa shape index (κ2) is 7.33. The van der Waals surface area contributed by atoms with Gasteiger partial charge in [-0.25, -0.2) is 4.98 Å². The molecule has 1 aliphatic heterocycles. The molecule has 128 valence electrons. The predicted molar refractivity (Wildman–Crippen MR) is 89.9 cm³/mol. The van der Waals surface area contributed by atoms with Crippen molar-refractivity contribution in [3.05, 3.63) is 46.9 Å². The van der Waals surface area contributed by atoms with Crippen molar-refractivity contribution in [2.45, 2.75) is 31.7 Å². The SMILES string of the molecule is Cn1ccnc(N2CCC[C@@H](NC(=O)CCc3ccco3)C2)c1=O. The van der Waals surface area contributed by atoms with Crippen molar-refractivity contribution >= 4 is 11.7 Å². The first-order chi connectivity index (χ1) is 11.6. The second-order valence-corrected chi connectivity index (χ2v) is 6.10. The van der Waals surface area contributed by atoms with Gasteiger partial charge in [-0.05, 0) is 25.0 Å². The van der Waals surface area contributed by atoms with Gasteiger partial charge in [0.25, 0.3) is 5.56 Å². The van der Waals surface area contributed by atoms with Crippen LogP contribution in [0.2, 0.25) is 0 Å². The normalized spacial score (nSPS) is 17.7. The van der Waals surface area contributed by atoms with Crippen LogP contribution in [0.3, 0.4) is 0 Å². The molecule has 1 fully saturated rings. The number of furan rings is 1. The molecule has 0 aliphatic carbocycles. The lowest BCUT2D eigenvalue weighted by molar-refractivity contribution is -0.121. The third kappa shape index (κ3) is 3.84. The maximum absolute atomic E-state index is 12.2. The number of carbonyl (C=O) groups excluding carboxylic acids is 1. The molecule has 0 unspecified atom stereocenters. The Bertz CT molecular complexity index is 739. The molecule has 0 radical (unpaired) electrons. The molecule has 0 aromatic carbocycles. The third-order valence-electron chi connectivity index (χ3n) is 4.26. The lowest BCUT2D eigenvalue weighted by atomic mass is 10.1. The van der Waals surface area contributed by atoms with Crippen LogP contribution in [-0.4, -0.2) is 34.6 Å². The van der Waals surface area contributed by atoms with Crippen molar-refractivity contribution in [3.8, 4) is 0 Å². The number of carbonyl (C=O) groups is 1. The van der Waals surface area contributed by atoms with Crippen LogP contribution in [0, 0.1) is 0 Å². The van der Waals surface area contributed by atoms with Crippen LogP contribution in [0.25, 0.3) is 0 Å². The molecule has 0 bridgehead atoms. The lowest BCUT2D eigenvalue weighted by Crippen LogP contribution is -2.49. The number of amides is 1. The summed E-state index contributed by atoms with van der Waals surface area (Å²) < 4.78 is 6.76. The Kier molecular flexibility index (Phi) is 4.98. The van der Waals surface area contributed by atoms with Crippen molar-refractivity contribution in [3.63, 3.8) is 0 Å². The van der Waals surface area contributed by atoms with Gasteiger partial charge in [0.2, 0.25) is 5.91 Å². The minimum absolute atomic E-state index is 0.00664. The van der Waals surface area contributed by atoms with E-state index in [0.29, 0.717) is 25.2 Å². The molecule has 1 saturated heterocycles. The van der Waals surface area contributed by atoms with Gasteiger partial charge >= 0.3 is 0 Å².